The monoisotopic (exact) mass is 1120 g/mol. The highest BCUT2D eigenvalue weighted by atomic mass is 31.2. The maximum atomic E-state index is 13.5. The highest BCUT2D eigenvalue weighted by Crippen LogP contribution is 2.38. The molecule has 3 atom stereocenters. The van der Waals surface area contributed by atoms with Crippen molar-refractivity contribution in [3.8, 4) is 0 Å². The number of rotatable bonds is 55. The van der Waals surface area contributed by atoms with Crippen molar-refractivity contribution in [3.63, 3.8) is 0 Å². The smallest absolute Gasteiger partial charge is 0.306 e. The van der Waals surface area contributed by atoms with Crippen LogP contribution in [-0.4, -0.2) is 69.4 Å². The fourth-order valence-electron chi connectivity index (χ4n) is 8.21. The van der Waals surface area contributed by atoms with Crippen molar-refractivity contribution >= 4 is 19.7 Å². The van der Waals surface area contributed by atoms with Gasteiger partial charge in [-0.25, -0.2) is 0 Å². The molecule has 1 amide bonds. The number of likely N-dealkylation sites (N-methyl/N-ethyl adjacent to an activating group) is 1. The Bertz CT molecular complexity index is 1810. The van der Waals surface area contributed by atoms with Crippen molar-refractivity contribution in [1.29, 1.82) is 0 Å². The zero-order valence-corrected chi connectivity index (χ0v) is 52.2. The van der Waals surface area contributed by atoms with Gasteiger partial charge in [0.1, 0.15) is 19.3 Å². The first-order valence-corrected chi connectivity index (χ1v) is 33.0. The van der Waals surface area contributed by atoms with Gasteiger partial charge in [-0.1, -0.05) is 232 Å². The topological polar surface area (TPSA) is 114 Å². The van der Waals surface area contributed by atoms with Gasteiger partial charge in [0.25, 0.3) is 7.82 Å². The van der Waals surface area contributed by atoms with Gasteiger partial charge in [0.2, 0.25) is 5.91 Å². The second kappa shape index (κ2) is 57.4. The zero-order valence-electron chi connectivity index (χ0n) is 51.3. The number of phosphoric ester groups is 1. The van der Waals surface area contributed by atoms with Crippen LogP contribution in [0.3, 0.4) is 0 Å². The molecule has 0 radical (unpaired) electrons. The molecule has 0 saturated carbocycles. The van der Waals surface area contributed by atoms with E-state index in [9.17, 15) is 19.0 Å². The van der Waals surface area contributed by atoms with Crippen molar-refractivity contribution in [2.24, 2.45) is 0 Å². The maximum Gasteiger partial charge on any atom is 0.306 e. The lowest BCUT2D eigenvalue weighted by Crippen LogP contribution is -2.47. The van der Waals surface area contributed by atoms with E-state index in [0.29, 0.717) is 23.9 Å². The fraction of sp³-hybridized carbons (Fsp3) is 0.652. The van der Waals surface area contributed by atoms with Crippen LogP contribution in [0.5, 0.6) is 0 Å². The number of hydrogen-bond donors (Lipinski definition) is 1. The standard InChI is InChI=1S/C69H117N2O7P/c1-7-10-13-16-19-22-25-27-29-31-33-34-35-36-38-40-42-44-47-50-53-56-59-62-69(73)78-67(60-57-54-51-48-45-24-21-18-15-12-9-3)66(65-77-79(74,75)76-64-63-71(4,5)6)70-68(72)61-58-55-52-49-46-43-41-39-37-32-30-28-26-23-20-17-14-11-8-2/h10,13,19-20,22-23,27-30,33-34,36-39,42-44,46,57,60,66-67H,7-9,11-12,14-18,21,24-26,31-32,35,40-41,45,47-56,58-59,61-65H2,1-6H3,(H-,70,72,74,75)/b13-10-,22-19-,23-20-,29-27-,30-28-,34-33-,38-36-,39-37-,44-42-,46-43-,60-57+. The Morgan fingerprint density at radius 1 is 0.456 bits per heavy atom. The molecule has 79 heavy (non-hydrogen) atoms. The SMILES string of the molecule is CC/C=C\C/C=C\C/C=C\C/C=C\C/C=C\C/C=C\CCCCCCC(=O)OC(/C=C/CCCCCCCCCCC)C(COP(=O)([O-])OCC[N+](C)(C)C)NC(=O)CCCCC/C=C\C/C=C\C/C=C\C/C=C\CCCCC. The predicted octanol–water partition coefficient (Wildman–Crippen LogP) is 19.0. The van der Waals surface area contributed by atoms with Crippen LogP contribution in [0.25, 0.3) is 0 Å². The minimum atomic E-state index is -4.72. The number of quaternary nitrogens is 1. The van der Waals surface area contributed by atoms with Crippen LogP contribution in [0.2, 0.25) is 0 Å². The Labute approximate surface area is 485 Å². The van der Waals surface area contributed by atoms with Gasteiger partial charge >= 0.3 is 5.97 Å². The summed E-state index contributed by atoms with van der Waals surface area (Å²) in [4.78, 5) is 40.0. The van der Waals surface area contributed by atoms with Gasteiger partial charge in [0.15, 0.2) is 0 Å². The van der Waals surface area contributed by atoms with Gasteiger partial charge in [-0.2, -0.15) is 0 Å². The quantitative estimate of drug-likeness (QED) is 0.0212. The molecule has 1 N–H and O–H groups in total. The van der Waals surface area contributed by atoms with Crippen LogP contribution >= 0.6 is 7.82 Å². The molecule has 9 nitrogen and oxygen atoms in total. The first kappa shape index (κ1) is 75.2. The molecular formula is C69H117N2O7P. The second-order valence-electron chi connectivity index (χ2n) is 21.8. The number of esters is 1. The highest BCUT2D eigenvalue weighted by Gasteiger charge is 2.27. The number of allylic oxidation sites excluding steroid dienone is 21. The van der Waals surface area contributed by atoms with E-state index in [1.807, 2.05) is 33.3 Å². The van der Waals surface area contributed by atoms with Crippen LogP contribution < -0.4 is 10.2 Å². The third-order valence-electron chi connectivity index (χ3n) is 13.1. The summed E-state index contributed by atoms with van der Waals surface area (Å²) < 4.78 is 30.3. The molecule has 0 heterocycles. The second-order valence-corrected chi connectivity index (χ2v) is 23.2. The summed E-state index contributed by atoms with van der Waals surface area (Å²) in [5.74, 6) is -0.617. The Hall–Kier alpha value is -3.85. The molecule has 0 aromatic carbocycles. The van der Waals surface area contributed by atoms with Gasteiger partial charge < -0.3 is 28.5 Å². The van der Waals surface area contributed by atoms with E-state index in [4.69, 9.17) is 13.8 Å². The number of carbonyl (C=O) groups excluding carboxylic acids is 2. The summed E-state index contributed by atoms with van der Waals surface area (Å²) in [5.41, 5.74) is 0. The molecule has 0 spiro atoms. The van der Waals surface area contributed by atoms with E-state index in [1.54, 1.807) is 0 Å². The van der Waals surface area contributed by atoms with E-state index in [1.165, 1.54) is 70.6 Å². The normalized spacial score (nSPS) is 14.6. The zero-order chi connectivity index (χ0) is 57.9. The van der Waals surface area contributed by atoms with Crippen molar-refractivity contribution in [3.05, 3.63) is 134 Å². The Balaban J connectivity index is 5.33. The van der Waals surface area contributed by atoms with Gasteiger partial charge in [0.05, 0.1) is 33.8 Å². The predicted molar refractivity (Wildman–Crippen MR) is 339 cm³/mol. The van der Waals surface area contributed by atoms with E-state index < -0.39 is 26.6 Å². The number of unbranched alkanes of at least 4 members (excludes halogenated alkanes) is 19. The molecule has 10 heteroatoms. The van der Waals surface area contributed by atoms with Crippen molar-refractivity contribution < 1.29 is 37.3 Å². The molecule has 0 fully saturated rings. The molecule has 0 bridgehead atoms. The summed E-state index contributed by atoms with van der Waals surface area (Å²) in [6.07, 6.45) is 81.3. The molecule has 0 aliphatic carbocycles. The molecule has 0 aliphatic heterocycles. The average molecular weight is 1120 g/mol. The summed E-state index contributed by atoms with van der Waals surface area (Å²) in [7, 11) is 1.13. The van der Waals surface area contributed by atoms with E-state index in [-0.39, 0.29) is 31.3 Å². The van der Waals surface area contributed by atoms with Gasteiger partial charge in [-0.3, -0.25) is 14.2 Å². The van der Waals surface area contributed by atoms with Crippen LogP contribution in [0.1, 0.15) is 239 Å². The van der Waals surface area contributed by atoms with Crippen molar-refractivity contribution in [1.82, 2.24) is 5.32 Å². The first-order valence-electron chi connectivity index (χ1n) is 31.5. The Morgan fingerprint density at radius 3 is 1.25 bits per heavy atom. The number of nitrogens with zero attached hydrogens (tertiary/aromatic N) is 1. The number of nitrogens with one attached hydrogen (secondary N) is 1. The number of phosphoric acid groups is 1. The molecule has 450 valence electrons. The number of ether oxygens (including phenoxy) is 1. The van der Waals surface area contributed by atoms with Crippen LogP contribution in [-0.2, 0) is 27.9 Å². The molecule has 0 aromatic heterocycles. The maximum absolute atomic E-state index is 13.5. The van der Waals surface area contributed by atoms with Gasteiger partial charge in [0, 0.05) is 12.8 Å². The lowest BCUT2D eigenvalue weighted by Gasteiger charge is -2.30. The molecule has 0 aliphatic rings. The van der Waals surface area contributed by atoms with E-state index in [0.717, 1.165) is 122 Å². The fourth-order valence-corrected chi connectivity index (χ4v) is 8.94. The third kappa shape index (κ3) is 58.6. The Morgan fingerprint density at radius 2 is 0.810 bits per heavy atom. The van der Waals surface area contributed by atoms with Gasteiger partial charge in [-0.15, -0.1) is 0 Å². The summed E-state index contributed by atoms with van der Waals surface area (Å²) in [6.45, 7) is 6.63. The van der Waals surface area contributed by atoms with E-state index in [2.05, 4.69) is 148 Å². The number of carbonyl (C=O) groups is 2. The summed E-state index contributed by atoms with van der Waals surface area (Å²) >= 11 is 0. The largest absolute Gasteiger partial charge is 0.756 e. The van der Waals surface area contributed by atoms with Crippen molar-refractivity contribution in [2.75, 3.05) is 40.9 Å². The molecule has 0 saturated heterocycles. The molecule has 0 rings (SSSR count). The first-order chi connectivity index (χ1) is 38.4. The minimum Gasteiger partial charge on any atom is -0.756 e. The average Bonchev–Trinajstić information content (AvgIpc) is 3.41. The Kier molecular flexibility index (Phi) is 54.6. The van der Waals surface area contributed by atoms with Gasteiger partial charge in [-0.05, 0) is 128 Å². The highest BCUT2D eigenvalue weighted by molar-refractivity contribution is 7.45. The van der Waals surface area contributed by atoms with Crippen molar-refractivity contribution in [2.45, 2.75) is 251 Å². The number of hydrogen-bond acceptors (Lipinski definition) is 7. The molecule has 3 unspecified atom stereocenters. The van der Waals surface area contributed by atoms with Crippen LogP contribution in [0.15, 0.2) is 134 Å². The molecular weight excluding hydrogens is 1000 g/mol. The van der Waals surface area contributed by atoms with Crippen LogP contribution in [0, 0.1) is 0 Å². The third-order valence-corrected chi connectivity index (χ3v) is 14.0. The lowest BCUT2D eigenvalue weighted by atomic mass is 10.1. The van der Waals surface area contributed by atoms with Crippen LogP contribution in [0.4, 0.5) is 0 Å². The molecule has 0 aromatic rings. The number of amides is 1. The lowest BCUT2D eigenvalue weighted by molar-refractivity contribution is -0.870. The summed E-state index contributed by atoms with van der Waals surface area (Å²) in [5, 5.41) is 3.00. The minimum absolute atomic E-state index is 0.0409. The van der Waals surface area contributed by atoms with E-state index >= 15 is 0 Å². The summed E-state index contributed by atoms with van der Waals surface area (Å²) in [6, 6.07) is -0.926.